The van der Waals surface area contributed by atoms with Crippen LogP contribution in [0.2, 0.25) is 0 Å². The minimum absolute atomic E-state index is 0.0618. The Kier molecular flexibility index (Phi) is 5.34. The molecule has 0 saturated heterocycles. The van der Waals surface area contributed by atoms with Gasteiger partial charge in [0.1, 0.15) is 5.78 Å². The van der Waals surface area contributed by atoms with Gasteiger partial charge in [0.05, 0.1) is 5.92 Å². The molecule has 0 radical (unpaired) electrons. The maximum Gasteiger partial charge on any atom is 0.306 e. The van der Waals surface area contributed by atoms with Crippen LogP contribution in [0.3, 0.4) is 0 Å². The lowest BCUT2D eigenvalue weighted by Crippen LogP contribution is -2.16. The second-order valence-corrected chi connectivity index (χ2v) is 2.94. The van der Waals surface area contributed by atoms with Crippen molar-refractivity contribution in [1.82, 2.24) is 0 Å². The van der Waals surface area contributed by atoms with Gasteiger partial charge in [0, 0.05) is 12.8 Å². The zero-order valence-electron chi connectivity index (χ0n) is 7.67. The van der Waals surface area contributed by atoms with Gasteiger partial charge in [0.25, 0.3) is 0 Å². The summed E-state index contributed by atoms with van der Waals surface area (Å²) in [6.07, 6.45) is 2.03. The van der Waals surface area contributed by atoms with Crippen molar-refractivity contribution in [2.45, 2.75) is 39.5 Å². The first-order valence-corrected chi connectivity index (χ1v) is 4.36. The van der Waals surface area contributed by atoms with Gasteiger partial charge in [-0.1, -0.05) is 13.8 Å². The standard InChI is InChI=1S/C9H16O3/c1-3-5-8(10)6-7(4-2)9(11)12/h7H,3-6H2,1-2H3,(H,11,12). The highest BCUT2D eigenvalue weighted by atomic mass is 16.4. The van der Waals surface area contributed by atoms with Crippen molar-refractivity contribution in [2.24, 2.45) is 5.92 Å². The first-order valence-electron chi connectivity index (χ1n) is 4.36. The fraction of sp³-hybridized carbons (Fsp3) is 0.778. The average Bonchev–Trinajstić information content (AvgIpc) is 2.00. The SMILES string of the molecule is CCCC(=O)CC(CC)C(=O)O. The number of hydrogen-bond donors (Lipinski definition) is 1. The molecule has 0 bridgehead atoms. The van der Waals surface area contributed by atoms with Crippen LogP contribution in [0.4, 0.5) is 0 Å². The van der Waals surface area contributed by atoms with E-state index in [4.69, 9.17) is 5.11 Å². The predicted octanol–water partition coefficient (Wildman–Crippen LogP) is 1.86. The van der Waals surface area contributed by atoms with Crippen LogP contribution in [0, 0.1) is 5.92 Å². The lowest BCUT2D eigenvalue weighted by molar-refractivity contribution is -0.143. The van der Waals surface area contributed by atoms with E-state index in [0.29, 0.717) is 12.8 Å². The molecule has 3 nitrogen and oxygen atoms in total. The summed E-state index contributed by atoms with van der Waals surface area (Å²) < 4.78 is 0. The quantitative estimate of drug-likeness (QED) is 0.665. The summed E-state index contributed by atoms with van der Waals surface area (Å²) in [6.45, 7) is 3.71. The molecule has 1 atom stereocenters. The first-order chi connectivity index (χ1) is 5.61. The highest BCUT2D eigenvalue weighted by molar-refractivity contribution is 5.83. The Bertz CT molecular complexity index is 163. The molecule has 0 aliphatic rings. The molecule has 1 unspecified atom stereocenters. The van der Waals surface area contributed by atoms with Crippen LogP contribution in [0.5, 0.6) is 0 Å². The maximum atomic E-state index is 11.1. The van der Waals surface area contributed by atoms with Gasteiger partial charge in [-0.15, -0.1) is 0 Å². The Labute approximate surface area is 72.8 Å². The number of aliphatic carboxylic acids is 1. The summed E-state index contributed by atoms with van der Waals surface area (Å²) in [5.74, 6) is -1.28. The van der Waals surface area contributed by atoms with Gasteiger partial charge in [0.15, 0.2) is 0 Å². The summed E-state index contributed by atoms with van der Waals surface area (Å²) in [7, 11) is 0. The topological polar surface area (TPSA) is 54.4 Å². The van der Waals surface area contributed by atoms with Gasteiger partial charge in [-0.25, -0.2) is 0 Å². The van der Waals surface area contributed by atoms with Crippen molar-refractivity contribution in [3.05, 3.63) is 0 Å². The van der Waals surface area contributed by atoms with Gasteiger partial charge < -0.3 is 5.11 Å². The van der Waals surface area contributed by atoms with E-state index in [2.05, 4.69) is 0 Å². The second-order valence-electron chi connectivity index (χ2n) is 2.94. The Balaban J connectivity index is 3.85. The Morgan fingerprint density at radius 2 is 1.92 bits per heavy atom. The molecule has 0 aromatic heterocycles. The van der Waals surface area contributed by atoms with E-state index >= 15 is 0 Å². The van der Waals surface area contributed by atoms with Crippen molar-refractivity contribution in [1.29, 1.82) is 0 Å². The van der Waals surface area contributed by atoms with E-state index in [9.17, 15) is 9.59 Å². The summed E-state index contributed by atoms with van der Waals surface area (Å²) in [6, 6.07) is 0. The molecule has 0 fully saturated rings. The second kappa shape index (κ2) is 5.75. The average molecular weight is 172 g/mol. The zero-order valence-corrected chi connectivity index (χ0v) is 7.67. The summed E-state index contributed by atoms with van der Waals surface area (Å²) in [5.41, 5.74) is 0. The number of carbonyl (C=O) groups is 2. The van der Waals surface area contributed by atoms with E-state index in [1.165, 1.54) is 0 Å². The van der Waals surface area contributed by atoms with E-state index in [1.54, 1.807) is 6.92 Å². The number of ketones is 1. The normalized spacial score (nSPS) is 12.5. The van der Waals surface area contributed by atoms with Crippen molar-refractivity contribution in [3.8, 4) is 0 Å². The van der Waals surface area contributed by atoms with Gasteiger partial charge in [-0.05, 0) is 12.8 Å². The largest absolute Gasteiger partial charge is 0.481 e. The monoisotopic (exact) mass is 172 g/mol. The summed E-state index contributed by atoms with van der Waals surface area (Å²) in [4.78, 5) is 21.6. The van der Waals surface area contributed by atoms with Crippen LogP contribution in [0.25, 0.3) is 0 Å². The number of Topliss-reactive ketones (excluding diaryl/α,β-unsaturated/α-hetero) is 1. The third-order valence-corrected chi connectivity index (χ3v) is 1.84. The van der Waals surface area contributed by atoms with Gasteiger partial charge >= 0.3 is 5.97 Å². The molecule has 0 rings (SSSR count). The third kappa shape index (κ3) is 4.11. The molecule has 0 heterocycles. The molecule has 12 heavy (non-hydrogen) atoms. The van der Waals surface area contributed by atoms with Crippen molar-refractivity contribution >= 4 is 11.8 Å². The molecule has 0 aromatic rings. The molecule has 0 aliphatic carbocycles. The molecular formula is C9H16O3. The Morgan fingerprint density at radius 3 is 2.25 bits per heavy atom. The van der Waals surface area contributed by atoms with E-state index < -0.39 is 11.9 Å². The highest BCUT2D eigenvalue weighted by Gasteiger charge is 2.17. The number of carboxylic acid groups (broad SMARTS) is 1. The van der Waals surface area contributed by atoms with Crippen LogP contribution in [-0.2, 0) is 9.59 Å². The van der Waals surface area contributed by atoms with Crippen LogP contribution in [0.1, 0.15) is 39.5 Å². The van der Waals surface area contributed by atoms with Gasteiger partial charge in [0.2, 0.25) is 0 Å². The van der Waals surface area contributed by atoms with Crippen molar-refractivity contribution in [2.75, 3.05) is 0 Å². The minimum Gasteiger partial charge on any atom is -0.481 e. The molecule has 0 aromatic carbocycles. The predicted molar refractivity (Wildman–Crippen MR) is 45.9 cm³/mol. The Hall–Kier alpha value is -0.860. The van der Waals surface area contributed by atoms with Crippen LogP contribution < -0.4 is 0 Å². The number of hydrogen-bond acceptors (Lipinski definition) is 2. The van der Waals surface area contributed by atoms with Gasteiger partial charge in [-0.3, -0.25) is 9.59 Å². The Morgan fingerprint density at radius 1 is 1.33 bits per heavy atom. The van der Waals surface area contributed by atoms with Crippen molar-refractivity contribution in [3.63, 3.8) is 0 Å². The molecule has 0 spiro atoms. The fourth-order valence-electron chi connectivity index (χ4n) is 1.06. The van der Waals surface area contributed by atoms with Crippen LogP contribution in [0.15, 0.2) is 0 Å². The molecular weight excluding hydrogens is 156 g/mol. The lowest BCUT2D eigenvalue weighted by Gasteiger charge is -2.07. The zero-order chi connectivity index (χ0) is 9.56. The number of rotatable bonds is 6. The van der Waals surface area contributed by atoms with Gasteiger partial charge in [-0.2, -0.15) is 0 Å². The summed E-state index contributed by atoms with van der Waals surface area (Å²) >= 11 is 0. The molecule has 0 amide bonds. The van der Waals surface area contributed by atoms with Crippen LogP contribution in [-0.4, -0.2) is 16.9 Å². The third-order valence-electron chi connectivity index (χ3n) is 1.84. The maximum absolute atomic E-state index is 11.1. The number of carboxylic acids is 1. The van der Waals surface area contributed by atoms with Crippen LogP contribution >= 0.6 is 0 Å². The molecule has 1 N–H and O–H groups in total. The summed E-state index contributed by atoms with van der Waals surface area (Å²) in [5, 5.41) is 8.64. The minimum atomic E-state index is -0.859. The molecule has 0 aliphatic heterocycles. The molecule has 0 saturated carbocycles. The highest BCUT2D eigenvalue weighted by Crippen LogP contribution is 2.10. The lowest BCUT2D eigenvalue weighted by atomic mass is 9.98. The first kappa shape index (κ1) is 11.1. The van der Waals surface area contributed by atoms with E-state index in [1.807, 2.05) is 6.92 Å². The molecule has 3 heteroatoms. The fourth-order valence-corrected chi connectivity index (χ4v) is 1.06. The van der Waals surface area contributed by atoms with Crippen molar-refractivity contribution < 1.29 is 14.7 Å². The van der Waals surface area contributed by atoms with E-state index in [0.717, 1.165) is 6.42 Å². The molecule has 70 valence electrons. The number of carbonyl (C=O) groups excluding carboxylic acids is 1. The smallest absolute Gasteiger partial charge is 0.306 e. The van der Waals surface area contributed by atoms with E-state index in [-0.39, 0.29) is 12.2 Å².